The lowest BCUT2D eigenvalue weighted by atomic mass is 10.0. The molecule has 0 saturated heterocycles. The van der Waals surface area contributed by atoms with Crippen LogP contribution in [0.5, 0.6) is 0 Å². The first-order valence-electron chi connectivity index (χ1n) is 9.50. The summed E-state index contributed by atoms with van der Waals surface area (Å²) in [6.07, 6.45) is 1.66. The third kappa shape index (κ3) is 5.13. The minimum Gasteiger partial charge on any atom is -0.345 e. The molecule has 0 fully saturated rings. The van der Waals surface area contributed by atoms with E-state index in [0.29, 0.717) is 13.1 Å². The summed E-state index contributed by atoms with van der Waals surface area (Å²) in [7, 11) is -3.67. The summed E-state index contributed by atoms with van der Waals surface area (Å²) in [6.45, 7) is 6.32. The van der Waals surface area contributed by atoms with E-state index in [-0.39, 0.29) is 27.4 Å². The first kappa shape index (κ1) is 22.4. The van der Waals surface area contributed by atoms with Crippen LogP contribution in [-0.2, 0) is 10.0 Å². The number of halogens is 1. The summed E-state index contributed by atoms with van der Waals surface area (Å²) in [5.41, 5.74) is 1.16. The molecule has 0 aliphatic rings. The van der Waals surface area contributed by atoms with Crippen molar-refractivity contribution in [3.63, 3.8) is 0 Å². The quantitative estimate of drug-likeness (QED) is 0.640. The van der Waals surface area contributed by atoms with E-state index in [1.807, 2.05) is 37.3 Å². The summed E-state index contributed by atoms with van der Waals surface area (Å²) >= 11 is 6.23. The van der Waals surface area contributed by atoms with E-state index in [4.69, 9.17) is 11.6 Å². The Kier molecular flexibility index (Phi) is 8.04. The summed E-state index contributed by atoms with van der Waals surface area (Å²) in [5, 5.41) is 3.22. The molecule has 0 spiro atoms. The van der Waals surface area contributed by atoms with Crippen molar-refractivity contribution in [3.05, 3.63) is 64.7 Å². The topological polar surface area (TPSA) is 66.5 Å². The lowest BCUT2D eigenvalue weighted by Crippen LogP contribution is -2.31. The number of hydrogen-bond acceptors (Lipinski definition) is 3. The number of carbonyl (C=O) groups excluding carboxylic acids is 1. The van der Waals surface area contributed by atoms with Crippen molar-refractivity contribution in [1.82, 2.24) is 9.62 Å². The van der Waals surface area contributed by atoms with Gasteiger partial charge < -0.3 is 5.32 Å². The highest BCUT2D eigenvalue weighted by Crippen LogP contribution is 2.25. The van der Waals surface area contributed by atoms with Crippen LogP contribution in [0.4, 0.5) is 0 Å². The maximum Gasteiger partial charge on any atom is 0.253 e. The van der Waals surface area contributed by atoms with Gasteiger partial charge in [0, 0.05) is 13.1 Å². The molecule has 2 rings (SSSR count). The highest BCUT2D eigenvalue weighted by Gasteiger charge is 2.24. The molecule has 0 bridgehead atoms. The van der Waals surface area contributed by atoms with Gasteiger partial charge in [-0.1, -0.05) is 69.1 Å². The molecule has 0 radical (unpaired) electrons. The van der Waals surface area contributed by atoms with Gasteiger partial charge in [0.05, 0.1) is 21.5 Å². The van der Waals surface area contributed by atoms with E-state index in [1.54, 1.807) is 13.8 Å². The number of sulfonamides is 1. The Labute approximate surface area is 172 Å². The molecule has 0 aliphatic carbocycles. The Bertz CT molecular complexity index is 897. The number of nitrogens with zero attached hydrogens (tertiary/aromatic N) is 1. The second kappa shape index (κ2) is 10.0. The molecule has 5 nitrogen and oxygen atoms in total. The van der Waals surface area contributed by atoms with Gasteiger partial charge in [-0.15, -0.1) is 0 Å². The lowest BCUT2D eigenvalue weighted by Gasteiger charge is -2.21. The molecule has 152 valence electrons. The Balaban J connectivity index is 2.35. The van der Waals surface area contributed by atoms with Gasteiger partial charge in [0.2, 0.25) is 10.0 Å². The van der Waals surface area contributed by atoms with E-state index in [9.17, 15) is 13.2 Å². The minimum atomic E-state index is -3.67. The van der Waals surface area contributed by atoms with Crippen LogP contribution >= 0.6 is 11.6 Å². The molecule has 1 N–H and O–H groups in total. The third-order valence-electron chi connectivity index (χ3n) is 4.61. The number of rotatable bonds is 9. The van der Waals surface area contributed by atoms with E-state index in [2.05, 4.69) is 5.32 Å². The van der Waals surface area contributed by atoms with Crippen LogP contribution in [0.25, 0.3) is 0 Å². The molecule has 0 saturated carbocycles. The van der Waals surface area contributed by atoms with Gasteiger partial charge >= 0.3 is 0 Å². The Hall–Kier alpha value is -1.89. The van der Waals surface area contributed by atoms with Crippen molar-refractivity contribution in [2.24, 2.45) is 0 Å². The van der Waals surface area contributed by atoms with Gasteiger partial charge in [-0.2, -0.15) is 4.31 Å². The first-order chi connectivity index (χ1) is 13.3. The van der Waals surface area contributed by atoms with E-state index in [1.165, 1.54) is 22.5 Å². The average molecular weight is 423 g/mol. The van der Waals surface area contributed by atoms with Gasteiger partial charge in [-0.3, -0.25) is 4.79 Å². The van der Waals surface area contributed by atoms with Crippen molar-refractivity contribution in [1.29, 1.82) is 0 Å². The van der Waals surface area contributed by atoms with Crippen LogP contribution in [0.3, 0.4) is 0 Å². The molecule has 0 heterocycles. The normalized spacial score (nSPS) is 12.8. The summed E-state index contributed by atoms with van der Waals surface area (Å²) in [6, 6.07) is 13.8. The fourth-order valence-electron chi connectivity index (χ4n) is 3.08. The van der Waals surface area contributed by atoms with Crippen LogP contribution in [0.2, 0.25) is 5.02 Å². The van der Waals surface area contributed by atoms with Crippen molar-refractivity contribution in [2.75, 3.05) is 13.1 Å². The Morgan fingerprint density at radius 2 is 1.71 bits per heavy atom. The van der Waals surface area contributed by atoms with Crippen molar-refractivity contribution in [3.8, 4) is 0 Å². The van der Waals surface area contributed by atoms with Crippen LogP contribution < -0.4 is 5.32 Å². The molecule has 0 aromatic heterocycles. The van der Waals surface area contributed by atoms with E-state index < -0.39 is 10.0 Å². The van der Waals surface area contributed by atoms with Crippen LogP contribution in [0.1, 0.15) is 55.6 Å². The number of hydrogen-bond donors (Lipinski definition) is 1. The fraction of sp³-hybridized carbons (Fsp3) is 0.381. The Morgan fingerprint density at radius 1 is 1.07 bits per heavy atom. The lowest BCUT2D eigenvalue weighted by molar-refractivity contribution is 0.0934. The van der Waals surface area contributed by atoms with Gasteiger partial charge in [-0.05, 0) is 30.2 Å². The second-order valence-corrected chi connectivity index (χ2v) is 8.80. The van der Waals surface area contributed by atoms with Gasteiger partial charge in [-0.25, -0.2) is 8.42 Å². The first-order valence-corrected chi connectivity index (χ1v) is 11.3. The Morgan fingerprint density at radius 3 is 2.29 bits per heavy atom. The van der Waals surface area contributed by atoms with Crippen LogP contribution in [0, 0.1) is 0 Å². The number of nitrogens with one attached hydrogen (secondary N) is 1. The number of amides is 1. The molecule has 0 aliphatic heterocycles. The van der Waals surface area contributed by atoms with Crippen molar-refractivity contribution < 1.29 is 13.2 Å². The van der Waals surface area contributed by atoms with E-state index in [0.717, 1.165) is 18.4 Å². The zero-order chi connectivity index (χ0) is 20.7. The molecule has 1 atom stereocenters. The number of benzene rings is 2. The third-order valence-corrected chi connectivity index (χ3v) is 6.99. The largest absolute Gasteiger partial charge is 0.345 e. The van der Waals surface area contributed by atoms with E-state index >= 15 is 0 Å². The zero-order valence-electron chi connectivity index (χ0n) is 16.5. The van der Waals surface area contributed by atoms with Gasteiger partial charge in [0.1, 0.15) is 0 Å². The monoisotopic (exact) mass is 422 g/mol. The molecule has 1 amide bonds. The summed E-state index contributed by atoms with van der Waals surface area (Å²) in [4.78, 5) is 13.0. The number of carbonyl (C=O) groups is 1. The fourth-order valence-corrected chi connectivity index (χ4v) is 4.77. The van der Waals surface area contributed by atoms with Crippen molar-refractivity contribution in [2.45, 2.75) is 44.6 Å². The SMILES string of the molecule is CCCC(NC(=O)c1cc(S(=O)(=O)N(CC)CC)ccc1Cl)c1ccccc1. The second-order valence-electron chi connectivity index (χ2n) is 6.46. The maximum absolute atomic E-state index is 12.9. The van der Waals surface area contributed by atoms with Gasteiger partial charge in [0.15, 0.2) is 0 Å². The minimum absolute atomic E-state index is 0.0671. The zero-order valence-corrected chi connectivity index (χ0v) is 18.1. The molecular formula is C21H27ClN2O3S. The highest BCUT2D eigenvalue weighted by molar-refractivity contribution is 7.89. The molecule has 2 aromatic carbocycles. The molecule has 1 unspecified atom stereocenters. The molecule has 7 heteroatoms. The summed E-state index contributed by atoms with van der Waals surface area (Å²) in [5.74, 6) is -0.385. The van der Waals surface area contributed by atoms with Crippen LogP contribution in [-0.4, -0.2) is 31.7 Å². The molecule has 28 heavy (non-hydrogen) atoms. The standard InChI is InChI=1S/C21H27ClN2O3S/c1-4-10-20(16-11-8-7-9-12-16)23-21(25)18-15-17(13-14-19(18)22)28(26,27)24(5-2)6-3/h7-9,11-15,20H,4-6,10H2,1-3H3,(H,23,25). The van der Waals surface area contributed by atoms with Gasteiger partial charge in [0.25, 0.3) is 5.91 Å². The van der Waals surface area contributed by atoms with Crippen LogP contribution in [0.15, 0.2) is 53.4 Å². The average Bonchev–Trinajstić information content (AvgIpc) is 2.69. The predicted octanol–water partition coefficient (Wildman–Crippen LogP) is 4.64. The summed E-state index contributed by atoms with van der Waals surface area (Å²) < 4.78 is 26.9. The molecular weight excluding hydrogens is 396 g/mol. The maximum atomic E-state index is 12.9. The smallest absolute Gasteiger partial charge is 0.253 e. The highest BCUT2D eigenvalue weighted by atomic mass is 35.5. The molecule has 2 aromatic rings. The predicted molar refractivity (Wildman–Crippen MR) is 113 cm³/mol. The van der Waals surface area contributed by atoms with Crippen molar-refractivity contribution >= 4 is 27.5 Å².